The normalized spacial score (nSPS) is 13.3. The molecule has 1 aliphatic rings. The fourth-order valence-corrected chi connectivity index (χ4v) is 7.39. The van der Waals surface area contributed by atoms with Crippen molar-refractivity contribution >= 4 is 57.6 Å². The number of fused-ring (bicyclic) bond motifs is 2. The van der Waals surface area contributed by atoms with E-state index in [4.69, 9.17) is 40.1 Å². The molecule has 0 spiro atoms. The van der Waals surface area contributed by atoms with Crippen LogP contribution in [0, 0.1) is 13.8 Å². The van der Waals surface area contributed by atoms with Crippen molar-refractivity contribution in [1.82, 2.24) is 38.8 Å². The van der Waals surface area contributed by atoms with Gasteiger partial charge >= 0.3 is 0 Å². The Hall–Kier alpha value is -7.06. The molecule has 20 nitrogen and oxygen atoms in total. The molecule has 1 fully saturated rings. The zero-order valence-electron chi connectivity index (χ0n) is 35.3. The molecule has 0 saturated carbocycles. The van der Waals surface area contributed by atoms with Gasteiger partial charge in [-0.1, -0.05) is 19.1 Å². The van der Waals surface area contributed by atoms with E-state index in [2.05, 4.69) is 25.6 Å². The van der Waals surface area contributed by atoms with E-state index in [0.717, 1.165) is 19.6 Å². The van der Waals surface area contributed by atoms with Crippen molar-refractivity contribution in [3.8, 4) is 11.5 Å². The van der Waals surface area contributed by atoms with E-state index in [1.165, 1.54) is 19.2 Å². The van der Waals surface area contributed by atoms with Crippen molar-refractivity contribution in [2.24, 2.45) is 11.5 Å². The number of carbonyl (C=O) groups excluding carboxylic acids is 4. The van der Waals surface area contributed by atoms with Crippen LogP contribution in [0.4, 0.5) is 11.9 Å². The number of nitrogens with two attached hydrogens (primary N) is 2. The molecule has 4 amide bonds. The van der Waals surface area contributed by atoms with Gasteiger partial charge in [-0.2, -0.15) is 5.10 Å². The van der Waals surface area contributed by atoms with E-state index >= 15 is 0 Å². The summed E-state index contributed by atoms with van der Waals surface area (Å²) in [5.41, 5.74) is 15.0. The van der Waals surface area contributed by atoms with E-state index < -0.39 is 23.6 Å². The number of imidazole rings is 2. The van der Waals surface area contributed by atoms with Gasteiger partial charge in [0.05, 0.1) is 49.4 Å². The Morgan fingerprint density at radius 2 is 1.42 bits per heavy atom. The number of carbonyl (C=O) groups is 4. The standard InChI is InChI=1S/C42H50N12O8/c1-6-28-36(62-25(4)45-28)40(58)49-42-47-30-21-27(38(44)56)23-33(61-16-10-11-51-14-17-60-18-15-51)35(30)53(42)13-9-8-12-52-34-29(20-26(37(43)55)22-32(34)59-5)46-41(52)48-39(57)31-19-24(3)50-54(31)7-2/h8-9,19-23H,6-7,10-18H2,1-5H3,(H2,43,55)(H2,44,56)(H,46,48,57)(H,47,49,58)/b9-8+. The molecule has 0 radical (unpaired) electrons. The number of aromatic nitrogens is 7. The number of anilines is 2. The molecule has 0 aliphatic carbocycles. The second kappa shape index (κ2) is 18.7. The SMILES string of the molecule is CCc1nc(C)oc1C(=O)Nc1nc2cc(C(N)=O)cc(OCCCN3CCOCC3)c2n1C/C=C/Cn1c(NC(=O)c2cc(C)nn2CC)nc2cc(C(N)=O)cc(OC)c21. The van der Waals surface area contributed by atoms with Crippen LogP contribution in [0.15, 0.2) is 46.9 Å². The minimum atomic E-state index is -0.671. The van der Waals surface area contributed by atoms with Gasteiger partial charge in [-0.05, 0) is 57.0 Å². The van der Waals surface area contributed by atoms with Crippen molar-refractivity contribution in [3.05, 3.63) is 82.3 Å². The molecule has 4 aromatic heterocycles. The second-order valence-corrected chi connectivity index (χ2v) is 14.6. The van der Waals surface area contributed by atoms with E-state index in [-0.39, 0.29) is 41.9 Å². The van der Waals surface area contributed by atoms with E-state index in [0.29, 0.717) is 95.7 Å². The number of morpholine rings is 1. The summed E-state index contributed by atoms with van der Waals surface area (Å²) < 4.78 is 28.3. The molecule has 2 aromatic carbocycles. The third-order valence-corrected chi connectivity index (χ3v) is 10.4. The molecule has 7 rings (SSSR count). The molecule has 1 aliphatic heterocycles. The zero-order chi connectivity index (χ0) is 44.1. The maximum absolute atomic E-state index is 13.7. The number of nitrogens with zero attached hydrogens (tertiary/aromatic N) is 8. The molecular weight excluding hydrogens is 801 g/mol. The Morgan fingerprint density at radius 1 is 0.823 bits per heavy atom. The number of aryl methyl sites for hydroxylation is 4. The number of allylic oxidation sites excluding steroid dienone is 2. The Labute approximate surface area is 356 Å². The lowest BCUT2D eigenvalue weighted by Gasteiger charge is -2.26. The third-order valence-electron chi connectivity index (χ3n) is 10.4. The Morgan fingerprint density at radius 3 is 2.00 bits per heavy atom. The number of rotatable bonds is 18. The van der Waals surface area contributed by atoms with Gasteiger partial charge in [-0.15, -0.1) is 0 Å². The lowest BCUT2D eigenvalue weighted by atomic mass is 10.1. The van der Waals surface area contributed by atoms with E-state index in [9.17, 15) is 19.2 Å². The van der Waals surface area contributed by atoms with Gasteiger partial charge in [0, 0.05) is 57.3 Å². The van der Waals surface area contributed by atoms with Crippen LogP contribution in [-0.4, -0.2) is 109 Å². The van der Waals surface area contributed by atoms with Crippen LogP contribution in [0.25, 0.3) is 22.1 Å². The molecule has 0 unspecified atom stereocenters. The topological polar surface area (TPSA) is 255 Å². The number of hydrogen-bond donors (Lipinski definition) is 4. The van der Waals surface area contributed by atoms with Crippen LogP contribution in [0.3, 0.4) is 0 Å². The van der Waals surface area contributed by atoms with Crippen molar-refractivity contribution in [2.45, 2.75) is 60.2 Å². The highest BCUT2D eigenvalue weighted by Gasteiger charge is 2.25. The summed E-state index contributed by atoms with van der Waals surface area (Å²) in [5.74, 6) is -0.935. The summed E-state index contributed by atoms with van der Waals surface area (Å²) in [7, 11) is 1.46. The molecule has 62 heavy (non-hydrogen) atoms. The van der Waals surface area contributed by atoms with Gasteiger partial charge in [0.25, 0.3) is 11.8 Å². The lowest BCUT2D eigenvalue weighted by molar-refractivity contribution is 0.0358. The van der Waals surface area contributed by atoms with Gasteiger partial charge in [0.15, 0.2) is 5.89 Å². The number of primary amides is 2. The highest BCUT2D eigenvalue weighted by Crippen LogP contribution is 2.33. The van der Waals surface area contributed by atoms with Gasteiger partial charge in [0.1, 0.15) is 28.2 Å². The fraction of sp³-hybridized carbons (Fsp3) is 0.381. The number of oxazole rings is 1. The molecule has 0 bridgehead atoms. The van der Waals surface area contributed by atoms with E-state index in [1.54, 1.807) is 45.9 Å². The molecule has 6 aromatic rings. The van der Waals surface area contributed by atoms with Gasteiger partial charge in [0.2, 0.25) is 29.5 Å². The van der Waals surface area contributed by atoms with Crippen molar-refractivity contribution in [1.29, 1.82) is 0 Å². The quantitative estimate of drug-likeness (QED) is 0.0709. The average Bonchev–Trinajstić information content (AvgIpc) is 4.03. The highest BCUT2D eigenvalue weighted by molar-refractivity contribution is 6.05. The first kappa shape index (κ1) is 43.0. The third kappa shape index (κ3) is 9.15. The summed E-state index contributed by atoms with van der Waals surface area (Å²) in [6.45, 7) is 12.2. The maximum Gasteiger partial charge on any atom is 0.295 e. The number of methoxy groups -OCH3 is 1. The first-order chi connectivity index (χ1) is 29.9. The first-order valence-electron chi connectivity index (χ1n) is 20.3. The largest absolute Gasteiger partial charge is 0.494 e. The van der Waals surface area contributed by atoms with Crippen LogP contribution >= 0.6 is 0 Å². The number of amides is 4. The van der Waals surface area contributed by atoms with Crippen molar-refractivity contribution in [3.63, 3.8) is 0 Å². The highest BCUT2D eigenvalue weighted by atomic mass is 16.5. The number of hydrogen-bond acceptors (Lipinski definition) is 13. The smallest absolute Gasteiger partial charge is 0.295 e. The van der Waals surface area contributed by atoms with E-state index in [1.807, 2.05) is 26.0 Å². The van der Waals surface area contributed by atoms with Gasteiger partial charge in [-0.3, -0.25) is 39.4 Å². The Balaban J connectivity index is 1.25. The number of benzene rings is 2. The second-order valence-electron chi connectivity index (χ2n) is 14.6. The minimum absolute atomic E-state index is 0.0590. The molecule has 1 saturated heterocycles. The number of nitrogens with one attached hydrogen (secondary N) is 2. The predicted octanol–water partition coefficient (Wildman–Crippen LogP) is 3.84. The van der Waals surface area contributed by atoms with Crippen LogP contribution in [0.5, 0.6) is 11.5 Å². The number of ether oxygens (including phenoxy) is 3. The minimum Gasteiger partial charge on any atom is -0.494 e. The summed E-state index contributed by atoms with van der Waals surface area (Å²) in [5, 5.41) is 10.2. The van der Waals surface area contributed by atoms with Crippen molar-refractivity contribution < 1.29 is 37.8 Å². The first-order valence-corrected chi connectivity index (χ1v) is 20.3. The zero-order valence-corrected chi connectivity index (χ0v) is 35.3. The molecule has 20 heteroatoms. The summed E-state index contributed by atoms with van der Waals surface area (Å²) >= 11 is 0. The molecular formula is C42H50N12O8. The summed E-state index contributed by atoms with van der Waals surface area (Å²) in [6.07, 6.45) is 4.85. The molecule has 6 N–H and O–H groups in total. The molecule has 326 valence electrons. The molecule has 5 heterocycles. The predicted molar refractivity (Wildman–Crippen MR) is 229 cm³/mol. The summed E-state index contributed by atoms with van der Waals surface area (Å²) in [6, 6.07) is 7.86. The van der Waals surface area contributed by atoms with Crippen LogP contribution < -0.4 is 31.6 Å². The molecule has 0 atom stereocenters. The lowest BCUT2D eigenvalue weighted by Crippen LogP contribution is -2.37. The van der Waals surface area contributed by atoms with Gasteiger partial charge < -0.3 is 39.2 Å². The van der Waals surface area contributed by atoms with Gasteiger partial charge in [-0.25, -0.2) is 15.0 Å². The van der Waals surface area contributed by atoms with Crippen LogP contribution in [0.2, 0.25) is 0 Å². The Kier molecular flexibility index (Phi) is 13.0. The fourth-order valence-electron chi connectivity index (χ4n) is 7.39. The van der Waals surface area contributed by atoms with Crippen LogP contribution in [0.1, 0.15) is 79.3 Å². The average molecular weight is 851 g/mol. The Bertz CT molecular complexity index is 2680. The van der Waals surface area contributed by atoms with Crippen LogP contribution in [-0.2, 0) is 30.8 Å². The maximum atomic E-state index is 13.7. The monoisotopic (exact) mass is 850 g/mol. The van der Waals surface area contributed by atoms with Crippen molar-refractivity contribution in [2.75, 3.05) is 57.2 Å². The summed E-state index contributed by atoms with van der Waals surface area (Å²) in [4.78, 5) is 68.3.